The first kappa shape index (κ1) is 16.8. The number of carboxylic acid groups (broad SMARTS) is 2. The van der Waals surface area contributed by atoms with Gasteiger partial charge in [-0.15, -0.1) is 0 Å². The average molecular weight is 333 g/mol. The Labute approximate surface area is 140 Å². The smallest absolute Gasteiger partial charge is 0.478 e. The Morgan fingerprint density at radius 3 is 2.17 bits per heavy atom. The third-order valence-electron chi connectivity index (χ3n) is 5.11. The van der Waals surface area contributed by atoms with E-state index in [0.29, 0.717) is 11.0 Å². The molecule has 0 atom stereocenters. The summed E-state index contributed by atoms with van der Waals surface area (Å²) in [5.41, 5.74) is 1.02. The van der Waals surface area contributed by atoms with Crippen molar-refractivity contribution in [3.05, 3.63) is 28.8 Å². The number of nitrogens with zero attached hydrogens (tertiary/aromatic N) is 1. The fraction of sp³-hybridized carbons (Fsp3) is 0.500. The number of amides is 1. The molecule has 0 aromatic heterocycles. The number of hydrogen-bond donors (Lipinski definition) is 2. The number of benzene rings is 1. The maximum absolute atomic E-state index is 11.4. The van der Waals surface area contributed by atoms with Crippen LogP contribution < -0.4 is 5.46 Å². The monoisotopic (exact) mass is 333 g/mol. The van der Waals surface area contributed by atoms with Crippen LogP contribution >= 0.6 is 0 Å². The number of carboxylic acids is 1. The van der Waals surface area contributed by atoms with E-state index in [4.69, 9.17) is 9.31 Å². The van der Waals surface area contributed by atoms with Crippen LogP contribution in [-0.4, -0.2) is 45.5 Å². The second-order valence-electron chi connectivity index (χ2n) is 7.24. The first-order chi connectivity index (χ1) is 11.0. The van der Waals surface area contributed by atoms with Crippen molar-refractivity contribution in [2.75, 3.05) is 0 Å². The van der Waals surface area contributed by atoms with Gasteiger partial charge >= 0.3 is 19.2 Å². The lowest BCUT2D eigenvalue weighted by Gasteiger charge is -2.32. The van der Waals surface area contributed by atoms with Crippen molar-refractivity contribution in [3.63, 3.8) is 0 Å². The molecule has 7 nitrogen and oxygen atoms in total. The molecular formula is C16H20BNO6. The largest absolute Gasteiger partial charge is 0.495 e. The summed E-state index contributed by atoms with van der Waals surface area (Å²) < 4.78 is 12.0. The lowest BCUT2D eigenvalue weighted by atomic mass is 9.74. The maximum atomic E-state index is 11.4. The van der Waals surface area contributed by atoms with Crippen molar-refractivity contribution in [3.8, 4) is 0 Å². The average Bonchev–Trinajstić information content (AvgIpc) is 2.96. The number of aromatic carboxylic acids is 1. The van der Waals surface area contributed by atoms with Gasteiger partial charge in [0.25, 0.3) is 0 Å². The lowest BCUT2D eigenvalue weighted by molar-refractivity contribution is 0.00578. The molecule has 1 aromatic carbocycles. The number of fused-ring (bicyclic) bond motifs is 1. The van der Waals surface area contributed by atoms with Gasteiger partial charge in [0, 0.05) is 13.1 Å². The van der Waals surface area contributed by atoms with Gasteiger partial charge in [0.05, 0.1) is 16.8 Å². The molecule has 2 aliphatic rings. The zero-order valence-electron chi connectivity index (χ0n) is 14.1. The molecule has 0 unspecified atom stereocenters. The molecular weight excluding hydrogens is 313 g/mol. The van der Waals surface area contributed by atoms with Crippen LogP contribution in [0.1, 0.15) is 49.2 Å². The van der Waals surface area contributed by atoms with Crippen molar-refractivity contribution in [2.45, 2.75) is 52.0 Å². The van der Waals surface area contributed by atoms with Crippen LogP contribution in [0.3, 0.4) is 0 Å². The van der Waals surface area contributed by atoms with Crippen LogP contribution in [0.2, 0.25) is 0 Å². The normalized spacial score (nSPS) is 21.0. The maximum Gasteiger partial charge on any atom is 0.495 e. The van der Waals surface area contributed by atoms with Gasteiger partial charge < -0.3 is 19.5 Å². The first-order valence-electron chi connectivity index (χ1n) is 7.74. The van der Waals surface area contributed by atoms with Crippen molar-refractivity contribution >= 4 is 24.6 Å². The van der Waals surface area contributed by atoms with Gasteiger partial charge in [-0.2, -0.15) is 0 Å². The Kier molecular flexibility index (Phi) is 3.65. The SMILES string of the molecule is CC1(C)OB(c2cc(C(=O)O)cc3c2CN(C(=O)O)C3)OC1(C)C. The fourth-order valence-electron chi connectivity index (χ4n) is 2.98. The van der Waals surface area contributed by atoms with Gasteiger partial charge in [0.2, 0.25) is 0 Å². The number of carbonyl (C=O) groups is 2. The molecule has 1 aromatic rings. The molecule has 0 radical (unpaired) electrons. The van der Waals surface area contributed by atoms with E-state index in [9.17, 15) is 19.8 Å². The summed E-state index contributed by atoms with van der Waals surface area (Å²) in [4.78, 5) is 23.9. The molecule has 0 saturated carbocycles. The number of hydrogen-bond acceptors (Lipinski definition) is 4. The van der Waals surface area contributed by atoms with E-state index in [1.165, 1.54) is 17.0 Å². The van der Waals surface area contributed by atoms with Gasteiger partial charge in [-0.25, -0.2) is 9.59 Å². The van der Waals surface area contributed by atoms with Gasteiger partial charge in [-0.05, 0) is 56.4 Å². The molecule has 128 valence electrons. The highest BCUT2D eigenvalue weighted by molar-refractivity contribution is 6.62. The Balaban J connectivity index is 2.06. The molecule has 1 saturated heterocycles. The molecule has 2 N–H and O–H groups in total. The van der Waals surface area contributed by atoms with E-state index in [1.807, 2.05) is 27.7 Å². The summed E-state index contributed by atoms with van der Waals surface area (Å²) in [5.74, 6) is -1.07. The van der Waals surface area contributed by atoms with E-state index in [-0.39, 0.29) is 18.7 Å². The highest BCUT2D eigenvalue weighted by Crippen LogP contribution is 2.37. The molecule has 2 heterocycles. The third kappa shape index (κ3) is 2.55. The lowest BCUT2D eigenvalue weighted by Crippen LogP contribution is -2.41. The third-order valence-corrected chi connectivity index (χ3v) is 5.11. The zero-order valence-corrected chi connectivity index (χ0v) is 14.1. The molecule has 8 heteroatoms. The van der Waals surface area contributed by atoms with Crippen molar-refractivity contribution in [2.24, 2.45) is 0 Å². The van der Waals surface area contributed by atoms with Gasteiger partial charge in [-0.1, -0.05) is 0 Å². The molecule has 24 heavy (non-hydrogen) atoms. The van der Waals surface area contributed by atoms with E-state index < -0.39 is 30.4 Å². The minimum Gasteiger partial charge on any atom is -0.478 e. The molecule has 2 aliphatic heterocycles. The summed E-state index contributed by atoms with van der Waals surface area (Å²) in [6.45, 7) is 8.02. The second-order valence-corrected chi connectivity index (χ2v) is 7.24. The molecule has 0 spiro atoms. The minimum atomic E-state index is -1.07. The molecule has 3 rings (SSSR count). The Hall–Kier alpha value is -2.06. The van der Waals surface area contributed by atoms with Crippen molar-refractivity contribution in [1.29, 1.82) is 0 Å². The standard InChI is InChI=1S/C16H20BNO6/c1-15(2)16(3,4)24-17(23-15)12-6-9(13(19)20)5-10-7-18(14(21)22)8-11(10)12/h5-6H,7-8H2,1-4H3,(H,19,20)(H,21,22). The van der Waals surface area contributed by atoms with Crippen LogP contribution in [0.15, 0.2) is 12.1 Å². The highest BCUT2D eigenvalue weighted by Gasteiger charge is 2.52. The van der Waals surface area contributed by atoms with Gasteiger partial charge in [0.15, 0.2) is 0 Å². The highest BCUT2D eigenvalue weighted by atomic mass is 16.7. The van der Waals surface area contributed by atoms with Gasteiger partial charge in [-0.3, -0.25) is 4.90 Å². The molecule has 0 aliphatic carbocycles. The van der Waals surface area contributed by atoms with Crippen molar-refractivity contribution < 1.29 is 29.1 Å². The van der Waals surface area contributed by atoms with E-state index >= 15 is 0 Å². The minimum absolute atomic E-state index is 0.103. The van der Waals surface area contributed by atoms with E-state index in [2.05, 4.69) is 0 Å². The number of rotatable bonds is 2. The summed E-state index contributed by atoms with van der Waals surface area (Å²) in [5, 5.41) is 18.6. The predicted octanol–water partition coefficient (Wildman–Crippen LogP) is 1.68. The predicted molar refractivity (Wildman–Crippen MR) is 86.4 cm³/mol. The van der Waals surface area contributed by atoms with E-state index in [0.717, 1.165) is 5.56 Å². The summed E-state index contributed by atoms with van der Waals surface area (Å²) in [7, 11) is -0.725. The van der Waals surface area contributed by atoms with Crippen LogP contribution in [-0.2, 0) is 22.4 Å². The molecule has 1 amide bonds. The summed E-state index contributed by atoms with van der Waals surface area (Å²) in [6, 6.07) is 3.05. The van der Waals surface area contributed by atoms with Gasteiger partial charge in [0.1, 0.15) is 0 Å². The van der Waals surface area contributed by atoms with Crippen LogP contribution in [0.25, 0.3) is 0 Å². The second kappa shape index (κ2) is 5.22. The first-order valence-corrected chi connectivity index (χ1v) is 7.74. The van der Waals surface area contributed by atoms with Crippen LogP contribution in [0.5, 0.6) is 0 Å². The Morgan fingerprint density at radius 1 is 1.08 bits per heavy atom. The Bertz CT molecular complexity index is 714. The van der Waals surface area contributed by atoms with Crippen LogP contribution in [0, 0.1) is 0 Å². The molecule has 0 bridgehead atoms. The quantitative estimate of drug-likeness (QED) is 0.800. The topological polar surface area (TPSA) is 96.3 Å². The van der Waals surface area contributed by atoms with Crippen LogP contribution in [0.4, 0.5) is 4.79 Å². The van der Waals surface area contributed by atoms with E-state index in [1.54, 1.807) is 0 Å². The summed E-state index contributed by atoms with van der Waals surface area (Å²) >= 11 is 0. The Morgan fingerprint density at radius 2 is 1.67 bits per heavy atom. The zero-order chi connectivity index (χ0) is 17.9. The molecule has 1 fully saturated rings. The summed E-state index contributed by atoms with van der Waals surface area (Å²) in [6.07, 6.45) is -1.04. The van der Waals surface area contributed by atoms with Crippen molar-refractivity contribution in [1.82, 2.24) is 4.90 Å². The fourth-order valence-corrected chi connectivity index (χ4v) is 2.98.